The Morgan fingerprint density at radius 2 is 1.79 bits per heavy atom. The summed E-state index contributed by atoms with van der Waals surface area (Å²) in [4.78, 5) is 13.6. The van der Waals surface area contributed by atoms with Gasteiger partial charge < -0.3 is 9.47 Å². The number of carbonyl (C=O) groups excluding carboxylic acids is 1. The zero-order chi connectivity index (χ0) is 19.0. The molecule has 2 aromatic rings. The monoisotopic (exact) mass is 372 g/mol. The van der Waals surface area contributed by atoms with Crippen molar-refractivity contribution in [3.8, 4) is 0 Å². The molecule has 2 aliphatic heterocycles. The van der Waals surface area contributed by atoms with Crippen LogP contribution in [-0.4, -0.2) is 17.7 Å². The molecule has 2 bridgehead atoms. The molecule has 3 nitrogen and oxygen atoms in total. The summed E-state index contributed by atoms with van der Waals surface area (Å²) < 4.78 is 13.5. The maximum absolute atomic E-state index is 13.6. The number of ketones is 1. The Labute approximate surface area is 165 Å². The lowest BCUT2D eigenvalue weighted by Gasteiger charge is -2.47. The minimum atomic E-state index is -0.786. The van der Waals surface area contributed by atoms with Crippen molar-refractivity contribution in [2.45, 2.75) is 56.5 Å². The van der Waals surface area contributed by atoms with Crippen molar-refractivity contribution >= 4 is 11.9 Å². The fraction of sp³-hybridized carbons (Fsp3) is 0.400. The SMILES string of the molecule is C[C@@]12CCC[C@]13O[C@H](C2=O)[C@@]1(O3)/C(=C/c2ccccc2)CCc2ccccc21. The van der Waals surface area contributed by atoms with Crippen LogP contribution >= 0.6 is 0 Å². The van der Waals surface area contributed by atoms with Gasteiger partial charge in [-0.25, -0.2) is 0 Å². The van der Waals surface area contributed by atoms with E-state index < -0.39 is 22.9 Å². The van der Waals surface area contributed by atoms with E-state index in [9.17, 15) is 4.79 Å². The second-order valence-electron chi connectivity index (χ2n) is 8.88. The van der Waals surface area contributed by atoms with E-state index >= 15 is 0 Å². The molecule has 0 N–H and O–H groups in total. The minimum absolute atomic E-state index is 0.229. The van der Waals surface area contributed by atoms with Crippen molar-refractivity contribution in [2.75, 3.05) is 0 Å². The molecule has 0 amide bonds. The van der Waals surface area contributed by atoms with Crippen LogP contribution in [0.25, 0.3) is 6.08 Å². The number of ether oxygens (including phenoxy) is 2. The number of hydrogen-bond acceptors (Lipinski definition) is 3. The highest BCUT2D eigenvalue weighted by molar-refractivity contribution is 5.95. The van der Waals surface area contributed by atoms with Gasteiger partial charge in [0.05, 0.1) is 5.41 Å². The Hall–Kier alpha value is -2.23. The number of Topliss-reactive ketones (excluding diaryl/α,β-unsaturated/α-hetero) is 1. The molecule has 0 radical (unpaired) electrons. The maximum atomic E-state index is 13.6. The summed E-state index contributed by atoms with van der Waals surface area (Å²) >= 11 is 0. The molecule has 4 atom stereocenters. The Morgan fingerprint density at radius 3 is 2.64 bits per heavy atom. The molecule has 2 saturated heterocycles. The van der Waals surface area contributed by atoms with Gasteiger partial charge in [-0.2, -0.15) is 0 Å². The average Bonchev–Trinajstić information content (AvgIpc) is 3.30. The van der Waals surface area contributed by atoms with Gasteiger partial charge in [0.15, 0.2) is 23.3 Å². The van der Waals surface area contributed by atoms with E-state index in [4.69, 9.17) is 9.47 Å². The second kappa shape index (κ2) is 5.43. The quantitative estimate of drug-likeness (QED) is 0.722. The van der Waals surface area contributed by atoms with Crippen molar-refractivity contribution in [3.63, 3.8) is 0 Å². The molecule has 28 heavy (non-hydrogen) atoms. The van der Waals surface area contributed by atoms with Gasteiger partial charge in [-0.1, -0.05) is 60.7 Å². The molecule has 2 spiro atoms. The van der Waals surface area contributed by atoms with Gasteiger partial charge in [-0.05, 0) is 54.9 Å². The molecule has 4 aliphatic rings. The highest BCUT2D eigenvalue weighted by atomic mass is 16.8. The number of rotatable bonds is 1. The summed E-state index contributed by atoms with van der Waals surface area (Å²) in [7, 11) is 0. The van der Waals surface area contributed by atoms with E-state index in [1.165, 1.54) is 11.1 Å². The lowest BCUT2D eigenvalue weighted by Crippen LogP contribution is -2.56. The van der Waals surface area contributed by atoms with Gasteiger partial charge in [0.1, 0.15) is 0 Å². The van der Waals surface area contributed by atoms with E-state index in [1.807, 2.05) is 25.1 Å². The Balaban J connectivity index is 1.58. The smallest absolute Gasteiger partial charge is 0.183 e. The van der Waals surface area contributed by atoms with Gasteiger partial charge >= 0.3 is 0 Å². The second-order valence-corrected chi connectivity index (χ2v) is 8.88. The normalized spacial score (nSPS) is 39.5. The molecule has 2 aliphatic carbocycles. The van der Waals surface area contributed by atoms with Crippen LogP contribution in [0.3, 0.4) is 0 Å². The first kappa shape index (κ1) is 16.7. The van der Waals surface area contributed by atoms with E-state index in [2.05, 4.69) is 42.5 Å². The molecule has 2 aromatic carbocycles. The summed E-state index contributed by atoms with van der Waals surface area (Å²) in [5, 5.41) is 0. The summed E-state index contributed by atoms with van der Waals surface area (Å²) in [5.41, 5.74) is 3.41. The van der Waals surface area contributed by atoms with Crippen molar-refractivity contribution in [2.24, 2.45) is 5.41 Å². The molecule has 6 rings (SSSR count). The van der Waals surface area contributed by atoms with Gasteiger partial charge in [0.25, 0.3) is 0 Å². The zero-order valence-corrected chi connectivity index (χ0v) is 16.1. The molecule has 3 heteroatoms. The predicted molar refractivity (Wildman–Crippen MR) is 107 cm³/mol. The van der Waals surface area contributed by atoms with Gasteiger partial charge in [-0.15, -0.1) is 0 Å². The van der Waals surface area contributed by atoms with Gasteiger partial charge in [0.2, 0.25) is 0 Å². The largest absolute Gasteiger partial charge is 0.334 e. The van der Waals surface area contributed by atoms with Crippen LogP contribution in [0.1, 0.15) is 49.3 Å². The van der Waals surface area contributed by atoms with Crippen LogP contribution in [0.5, 0.6) is 0 Å². The summed E-state index contributed by atoms with van der Waals surface area (Å²) in [6.45, 7) is 2.05. The standard InChI is InChI=1S/C25H24O3/c1-23-14-7-15-24(23)27-22(21(23)26)25(28-24)19(16-17-8-3-2-4-9-17)13-12-18-10-5-6-11-20(18)25/h2-6,8-11,16,22H,7,12-15H2,1H3/b19-16+/t22-,23+,24-,25-/m1/s1. The minimum Gasteiger partial charge on any atom is -0.334 e. The number of carbonyl (C=O) groups is 1. The van der Waals surface area contributed by atoms with Gasteiger partial charge in [0, 0.05) is 6.42 Å². The summed E-state index contributed by atoms with van der Waals surface area (Å²) in [6, 6.07) is 18.8. The fourth-order valence-electron chi connectivity index (χ4n) is 6.03. The van der Waals surface area contributed by atoms with Crippen LogP contribution in [0.2, 0.25) is 0 Å². The maximum Gasteiger partial charge on any atom is 0.183 e. The van der Waals surface area contributed by atoms with E-state index in [0.717, 1.165) is 43.2 Å². The van der Waals surface area contributed by atoms with Crippen LogP contribution in [0.15, 0.2) is 60.2 Å². The zero-order valence-electron chi connectivity index (χ0n) is 16.1. The lowest BCUT2D eigenvalue weighted by molar-refractivity contribution is -0.221. The topological polar surface area (TPSA) is 35.5 Å². The first-order chi connectivity index (χ1) is 13.6. The van der Waals surface area contributed by atoms with Crippen molar-refractivity contribution in [1.82, 2.24) is 0 Å². The number of aryl methyl sites for hydroxylation is 1. The highest BCUT2D eigenvalue weighted by Crippen LogP contribution is 2.68. The third kappa shape index (κ3) is 1.84. The molecule has 3 fully saturated rings. The van der Waals surface area contributed by atoms with Gasteiger partial charge in [-0.3, -0.25) is 4.79 Å². The summed E-state index contributed by atoms with van der Waals surface area (Å²) in [5.74, 6) is -0.540. The van der Waals surface area contributed by atoms with Crippen molar-refractivity contribution in [1.29, 1.82) is 0 Å². The fourth-order valence-corrected chi connectivity index (χ4v) is 6.03. The Morgan fingerprint density at radius 1 is 1.00 bits per heavy atom. The average molecular weight is 372 g/mol. The molecular formula is C25H24O3. The van der Waals surface area contributed by atoms with E-state index in [1.54, 1.807) is 0 Å². The van der Waals surface area contributed by atoms with Crippen LogP contribution in [-0.2, 0) is 26.3 Å². The molecular weight excluding hydrogens is 348 g/mol. The number of fused-ring (bicyclic) bond motifs is 4. The van der Waals surface area contributed by atoms with Crippen molar-refractivity contribution in [3.05, 3.63) is 76.9 Å². The third-order valence-corrected chi connectivity index (χ3v) is 7.51. The number of hydrogen-bond donors (Lipinski definition) is 0. The lowest BCUT2D eigenvalue weighted by atomic mass is 9.65. The first-order valence-corrected chi connectivity index (χ1v) is 10.4. The highest BCUT2D eigenvalue weighted by Gasteiger charge is 2.78. The Kier molecular flexibility index (Phi) is 3.24. The molecule has 0 aromatic heterocycles. The van der Waals surface area contributed by atoms with Crippen LogP contribution in [0, 0.1) is 5.41 Å². The molecule has 142 valence electrons. The Bertz CT molecular complexity index is 1010. The first-order valence-electron chi connectivity index (χ1n) is 10.4. The van der Waals surface area contributed by atoms with Crippen molar-refractivity contribution < 1.29 is 14.3 Å². The van der Waals surface area contributed by atoms with E-state index in [-0.39, 0.29) is 5.78 Å². The molecule has 2 heterocycles. The number of benzene rings is 2. The van der Waals surface area contributed by atoms with Crippen LogP contribution < -0.4 is 0 Å². The summed E-state index contributed by atoms with van der Waals surface area (Å²) in [6.07, 6.45) is 6.15. The molecule has 0 unspecified atom stereocenters. The predicted octanol–water partition coefficient (Wildman–Crippen LogP) is 4.80. The van der Waals surface area contributed by atoms with E-state index in [0.29, 0.717) is 0 Å². The third-order valence-electron chi connectivity index (χ3n) is 7.51. The van der Waals surface area contributed by atoms with Crippen LogP contribution in [0.4, 0.5) is 0 Å². The molecule has 1 saturated carbocycles.